The minimum absolute atomic E-state index is 0.441. The van der Waals surface area contributed by atoms with Crippen LogP contribution in [0.25, 0.3) is 0 Å². The first-order valence-corrected chi connectivity index (χ1v) is 6.75. The summed E-state index contributed by atoms with van der Waals surface area (Å²) in [6.07, 6.45) is 11.5. The highest BCUT2D eigenvalue weighted by molar-refractivity contribution is 5.59. The van der Waals surface area contributed by atoms with Crippen LogP contribution in [-0.4, -0.2) is 19.4 Å². The SMILES string of the molecule is CCCCC/C=C\CCCOC(=O)OCCC. The summed E-state index contributed by atoms with van der Waals surface area (Å²) >= 11 is 0. The van der Waals surface area contributed by atoms with Gasteiger partial charge in [-0.05, 0) is 32.1 Å². The summed E-state index contributed by atoms with van der Waals surface area (Å²) in [6, 6.07) is 0. The van der Waals surface area contributed by atoms with E-state index >= 15 is 0 Å². The van der Waals surface area contributed by atoms with E-state index in [1.807, 2.05) is 6.92 Å². The van der Waals surface area contributed by atoms with Crippen molar-refractivity contribution in [2.75, 3.05) is 13.2 Å². The van der Waals surface area contributed by atoms with Crippen molar-refractivity contribution in [3.8, 4) is 0 Å². The first-order valence-electron chi connectivity index (χ1n) is 6.75. The number of hydrogen-bond acceptors (Lipinski definition) is 3. The minimum atomic E-state index is -0.543. The quantitative estimate of drug-likeness (QED) is 0.322. The minimum Gasteiger partial charge on any atom is -0.434 e. The van der Waals surface area contributed by atoms with Crippen LogP contribution < -0.4 is 0 Å². The Morgan fingerprint density at radius 3 is 2.18 bits per heavy atom. The van der Waals surface area contributed by atoms with Crippen LogP contribution in [0.5, 0.6) is 0 Å². The molecule has 0 heterocycles. The van der Waals surface area contributed by atoms with Gasteiger partial charge in [0.1, 0.15) is 0 Å². The molecule has 0 unspecified atom stereocenters. The van der Waals surface area contributed by atoms with Gasteiger partial charge in [0.25, 0.3) is 0 Å². The molecule has 0 atom stereocenters. The molecule has 0 aromatic rings. The molecule has 3 nitrogen and oxygen atoms in total. The molecule has 0 rings (SSSR count). The zero-order valence-corrected chi connectivity index (χ0v) is 11.2. The van der Waals surface area contributed by atoms with Crippen LogP contribution in [0.15, 0.2) is 12.2 Å². The van der Waals surface area contributed by atoms with E-state index < -0.39 is 6.16 Å². The van der Waals surface area contributed by atoms with Gasteiger partial charge in [0, 0.05) is 0 Å². The van der Waals surface area contributed by atoms with Crippen LogP contribution in [0.4, 0.5) is 4.79 Å². The Kier molecular flexibility index (Phi) is 12.3. The maximum absolute atomic E-state index is 10.9. The predicted molar refractivity (Wildman–Crippen MR) is 70.1 cm³/mol. The summed E-state index contributed by atoms with van der Waals surface area (Å²) in [7, 11) is 0. The third kappa shape index (κ3) is 12.9. The lowest BCUT2D eigenvalue weighted by Crippen LogP contribution is -2.08. The van der Waals surface area contributed by atoms with Gasteiger partial charge in [-0.2, -0.15) is 0 Å². The van der Waals surface area contributed by atoms with Crippen LogP contribution >= 0.6 is 0 Å². The first-order chi connectivity index (χ1) is 8.31. The molecule has 0 aliphatic rings. The van der Waals surface area contributed by atoms with Gasteiger partial charge in [0.15, 0.2) is 0 Å². The fourth-order valence-corrected chi connectivity index (χ4v) is 1.33. The summed E-state index contributed by atoms with van der Waals surface area (Å²) in [6.45, 7) is 5.05. The number of carbonyl (C=O) groups is 1. The van der Waals surface area contributed by atoms with Crippen molar-refractivity contribution in [3.63, 3.8) is 0 Å². The Morgan fingerprint density at radius 2 is 1.53 bits per heavy atom. The fourth-order valence-electron chi connectivity index (χ4n) is 1.33. The van der Waals surface area contributed by atoms with Gasteiger partial charge in [0.2, 0.25) is 0 Å². The molecule has 0 radical (unpaired) electrons. The van der Waals surface area contributed by atoms with Crippen molar-refractivity contribution in [1.82, 2.24) is 0 Å². The average Bonchev–Trinajstić information content (AvgIpc) is 2.34. The van der Waals surface area contributed by atoms with E-state index in [9.17, 15) is 4.79 Å². The second-order valence-corrected chi connectivity index (χ2v) is 4.06. The Balaban J connectivity index is 3.19. The van der Waals surface area contributed by atoms with Crippen LogP contribution in [0.1, 0.15) is 58.8 Å². The van der Waals surface area contributed by atoms with Crippen molar-refractivity contribution in [2.45, 2.75) is 58.8 Å². The van der Waals surface area contributed by atoms with Crippen LogP contribution in [0, 0.1) is 0 Å². The molecule has 100 valence electrons. The van der Waals surface area contributed by atoms with E-state index in [-0.39, 0.29) is 0 Å². The Morgan fingerprint density at radius 1 is 0.882 bits per heavy atom. The number of carbonyl (C=O) groups excluding carboxylic acids is 1. The van der Waals surface area contributed by atoms with Gasteiger partial charge in [-0.15, -0.1) is 0 Å². The van der Waals surface area contributed by atoms with Crippen molar-refractivity contribution >= 4 is 6.16 Å². The summed E-state index contributed by atoms with van der Waals surface area (Å²) in [5.74, 6) is 0. The van der Waals surface area contributed by atoms with E-state index in [4.69, 9.17) is 9.47 Å². The molecule has 0 saturated carbocycles. The van der Waals surface area contributed by atoms with Gasteiger partial charge < -0.3 is 9.47 Å². The van der Waals surface area contributed by atoms with E-state index in [1.165, 1.54) is 19.3 Å². The van der Waals surface area contributed by atoms with Crippen LogP contribution in [0.3, 0.4) is 0 Å². The first kappa shape index (κ1) is 16.0. The van der Waals surface area contributed by atoms with Gasteiger partial charge in [-0.25, -0.2) is 4.79 Å². The molecule has 0 aromatic heterocycles. The molecule has 0 saturated heterocycles. The molecule has 0 aromatic carbocycles. The second-order valence-electron chi connectivity index (χ2n) is 4.06. The van der Waals surface area contributed by atoms with E-state index in [0.717, 1.165) is 25.7 Å². The second kappa shape index (κ2) is 13.1. The molecular formula is C14H26O3. The van der Waals surface area contributed by atoms with E-state index in [2.05, 4.69) is 19.1 Å². The van der Waals surface area contributed by atoms with Gasteiger partial charge in [-0.1, -0.05) is 38.8 Å². The Bertz CT molecular complexity index is 200. The highest BCUT2D eigenvalue weighted by Crippen LogP contribution is 2.01. The van der Waals surface area contributed by atoms with Crippen molar-refractivity contribution in [3.05, 3.63) is 12.2 Å². The lowest BCUT2D eigenvalue weighted by Gasteiger charge is -2.03. The highest BCUT2D eigenvalue weighted by Gasteiger charge is 2.00. The normalized spacial score (nSPS) is 10.7. The van der Waals surface area contributed by atoms with Crippen molar-refractivity contribution in [2.24, 2.45) is 0 Å². The lowest BCUT2D eigenvalue weighted by molar-refractivity contribution is 0.0548. The monoisotopic (exact) mass is 242 g/mol. The molecule has 0 aliphatic carbocycles. The summed E-state index contributed by atoms with van der Waals surface area (Å²) in [5.41, 5.74) is 0. The predicted octanol–water partition coefficient (Wildman–Crippen LogP) is 4.47. The number of unbranched alkanes of at least 4 members (excludes halogenated alkanes) is 4. The molecule has 0 bridgehead atoms. The highest BCUT2D eigenvalue weighted by atomic mass is 16.7. The van der Waals surface area contributed by atoms with Crippen molar-refractivity contribution in [1.29, 1.82) is 0 Å². The standard InChI is InChI=1S/C14H26O3/c1-3-5-6-7-8-9-10-11-13-17-14(15)16-12-4-2/h8-9H,3-7,10-13H2,1-2H3/b9-8-. The largest absolute Gasteiger partial charge is 0.508 e. The topological polar surface area (TPSA) is 35.5 Å². The summed E-state index contributed by atoms with van der Waals surface area (Å²) < 4.78 is 9.68. The molecule has 0 spiro atoms. The molecule has 0 fully saturated rings. The molecule has 0 amide bonds. The maximum atomic E-state index is 10.9. The molecule has 0 N–H and O–H groups in total. The number of hydrogen-bond donors (Lipinski definition) is 0. The molecule has 3 heteroatoms. The molecule has 0 aliphatic heterocycles. The number of allylic oxidation sites excluding steroid dienone is 2. The summed E-state index contributed by atoms with van der Waals surface area (Å²) in [5, 5.41) is 0. The number of rotatable bonds is 10. The summed E-state index contributed by atoms with van der Waals surface area (Å²) in [4.78, 5) is 10.9. The van der Waals surface area contributed by atoms with Gasteiger partial charge >= 0.3 is 6.16 Å². The van der Waals surface area contributed by atoms with Gasteiger partial charge in [-0.3, -0.25) is 0 Å². The number of ether oxygens (including phenoxy) is 2. The fraction of sp³-hybridized carbons (Fsp3) is 0.786. The van der Waals surface area contributed by atoms with E-state index in [1.54, 1.807) is 0 Å². The van der Waals surface area contributed by atoms with Crippen LogP contribution in [-0.2, 0) is 9.47 Å². The van der Waals surface area contributed by atoms with E-state index in [0.29, 0.717) is 13.2 Å². The Labute approximate surface area is 105 Å². The average molecular weight is 242 g/mol. The van der Waals surface area contributed by atoms with Crippen LogP contribution in [0.2, 0.25) is 0 Å². The smallest absolute Gasteiger partial charge is 0.434 e. The zero-order chi connectivity index (χ0) is 12.8. The Hall–Kier alpha value is -0.990. The van der Waals surface area contributed by atoms with Gasteiger partial charge in [0.05, 0.1) is 13.2 Å². The molecular weight excluding hydrogens is 216 g/mol. The lowest BCUT2D eigenvalue weighted by atomic mass is 10.2. The van der Waals surface area contributed by atoms with Crippen molar-refractivity contribution < 1.29 is 14.3 Å². The third-order valence-corrected chi connectivity index (χ3v) is 2.30. The maximum Gasteiger partial charge on any atom is 0.508 e. The zero-order valence-electron chi connectivity index (χ0n) is 11.2. The molecule has 17 heavy (non-hydrogen) atoms. The third-order valence-electron chi connectivity index (χ3n) is 2.30.